The van der Waals surface area contributed by atoms with E-state index in [1.165, 1.54) is 244 Å². The van der Waals surface area contributed by atoms with Crippen molar-refractivity contribution in [2.24, 2.45) is 11.8 Å². The van der Waals surface area contributed by atoms with Gasteiger partial charge in [-0.2, -0.15) is 0 Å². The Morgan fingerprint density at radius 2 is 0.480 bits per heavy atom. The second-order valence-corrected chi connectivity index (χ2v) is 32.6. The molecule has 0 aliphatic rings. The summed E-state index contributed by atoms with van der Waals surface area (Å²) < 4.78 is 68.7. The Labute approximate surface area is 613 Å². The van der Waals surface area contributed by atoms with Crippen LogP contribution in [0.1, 0.15) is 427 Å². The Morgan fingerprint density at radius 1 is 0.280 bits per heavy atom. The average Bonchev–Trinajstić information content (AvgIpc) is 0.976. The van der Waals surface area contributed by atoms with Gasteiger partial charge in [0, 0.05) is 25.7 Å². The summed E-state index contributed by atoms with van der Waals surface area (Å²) in [5.41, 5.74) is 0. The van der Waals surface area contributed by atoms with Gasteiger partial charge < -0.3 is 33.8 Å². The van der Waals surface area contributed by atoms with Crippen molar-refractivity contribution in [3.05, 3.63) is 0 Å². The standard InChI is InChI=1S/C81H158O17P2/c1-7-11-13-15-17-19-21-22-23-24-25-26-27-28-33-36-40-47-53-59-65-80(85)97-76(69-92-79(84)64-58-52-46-39-35-32-30-29-31-34-37-43-49-55-61-73(5)9-3)71-95-99(87,88)93-67-75(82)68-94-100(89,90)96-72-77(70-91-78(83)63-57-51-45-38-20-18-16-14-12-8-2)98-81(86)66-60-54-48-42-41-44-50-56-62-74(6)10-4/h73-77,82H,7-72H2,1-6H3,(H,87,88)(H,89,90)/t73?,74?,75-,76-,77-/m1/s1. The maximum absolute atomic E-state index is 13.1. The molecule has 0 bridgehead atoms. The molecular formula is C81H158O17P2. The minimum atomic E-state index is -4.96. The molecule has 594 valence electrons. The molecule has 4 unspecified atom stereocenters. The van der Waals surface area contributed by atoms with Gasteiger partial charge in [0.15, 0.2) is 12.2 Å². The van der Waals surface area contributed by atoms with Gasteiger partial charge in [-0.1, -0.05) is 375 Å². The Morgan fingerprint density at radius 3 is 0.710 bits per heavy atom. The number of aliphatic hydroxyl groups excluding tert-OH is 1. The average molecular weight is 1470 g/mol. The predicted molar refractivity (Wildman–Crippen MR) is 409 cm³/mol. The van der Waals surface area contributed by atoms with Crippen molar-refractivity contribution in [2.75, 3.05) is 39.6 Å². The van der Waals surface area contributed by atoms with Crippen molar-refractivity contribution in [2.45, 2.75) is 445 Å². The molecule has 0 aromatic carbocycles. The highest BCUT2D eigenvalue weighted by atomic mass is 31.2. The maximum atomic E-state index is 13.1. The molecule has 0 spiro atoms. The number of aliphatic hydroxyl groups is 1. The van der Waals surface area contributed by atoms with Crippen LogP contribution in [0.15, 0.2) is 0 Å². The van der Waals surface area contributed by atoms with Crippen molar-refractivity contribution in [3.63, 3.8) is 0 Å². The van der Waals surface area contributed by atoms with Gasteiger partial charge in [0.05, 0.1) is 26.4 Å². The van der Waals surface area contributed by atoms with E-state index in [9.17, 15) is 43.2 Å². The molecule has 3 N–H and O–H groups in total. The highest BCUT2D eigenvalue weighted by molar-refractivity contribution is 7.47. The molecule has 0 heterocycles. The molecule has 0 aliphatic carbocycles. The van der Waals surface area contributed by atoms with Crippen molar-refractivity contribution in [1.29, 1.82) is 0 Å². The van der Waals surface area contributed by atoms with Gasteiger partial charge in [0.25, 0.3) is 0 Å². The Balaban J connectivity index is 5.23. The Kier molecular flexibility index (Phi) is 71.2. The summed E-state index contributed by atoms with van der Waals surface area (Å²) in [5, 5.41) is 10.6. The van der Waals surface area contributed by atoms with Crippen LogP contribution in [0.5, 0.6) is 0 Å². The van der Waals surface area contributed by atoms with Gasteiger partial charge in [-0.15, -0.1) is 0 Å². The number of ether oxygens (including phenoxy) is 4. The van der Waals surface area contributed by atoms with Crippen molar-refractivity contribution in [1.82, 2.24) is 0 Å². The molecule has 0 aromatic rings. The van der Waals surface area contributed by atoms with Crippen molar-refractivity contribution < 1.29 is 80.2 Å². The van der Waals surface area contributed by atoms with Crippen LogP contribution in [0.3, 0.4) is 0 Å². The zero-order valence-electron chi connectivity index (χ0n) is 65.5. The van der Waals surface area contributed by atoms with E-state index in [0.29, 0.717) is 25.7 Å². The van der Waals surface area contributed by atoms with E-state index in [1.807, 2.05) is 0 Å². The van der Waals surface area contributed by atoms with Crippen LogP contribution < -0.4 is 0 Å². The van der Waals surface area contributed by atoms with Crippen molar-refractivity contribution in [3.8, 4) is 0 Å². The third-order valence-electron chi connectivity index (χ3n) is 19.7. The van der Waals surface area contributed by atoms with Gasteiger partial charge in [0.1, 0.15) is 19.3 Å². The van der Waals surface area contributed by atoms with E-state index in [4.69, 9.17) is 37.0 Å². The van der Waals surface area contributed by atoms with E-state index in [0.717, 1.165) is 102 Å². The van der Waals surface area contributed by atoms with Crippen LogP contribution in [0.2, 0.25) is 0 Å². The number of hydrogen-bond acceptors (Lipinski definition) is 15. The molecule has 0 amide bonds. The fourth-order valence-corrected chi connectivity index (χ4v) is 14.1. The summed E-state index contributed by atoms with van der Waals surface area (Å²) in [5.74, 6) is -0.491. The lowest BCUT2D eigenvalue weighted by atomic mass is 9.99. The first-order valence-corrected chi connectivity index (χ1v) is 45.1. The molecule has 100 heavy (non-hydrogen) atoms. The van der Waals surface area contributed by atoms with Crippen LogP contribution >= 0.6 is 15.6 Å². The number of carbonyl (C=O) groups is 4. The SMILES string of the molecule is CCCCCCCCCCCCCCCCCCCCCCC(=O)O[C@H](COC(=O)CCCCCCCCCCCCCCCCC(C)CC)COP(=O)(O)OC[C@@H](O)COP(=O)(O)OC[C@@H](COC(=O)CCCCCCCCCCCC)OC(=O)CCCCCCCCCCC(C)CC. The van der Waals surface area contributed by atoms with Gasteiger partial charge in [-0.3, -0.25) is 37.3 Å². The van der Waals surface area contributed by atoms with E-state index in [2.05, 4.69) is 41.5 Å². The highest BCUT2D eigenvalue weighted by Crippen LogP contribution is 2.45. The second-order valence-electron chi connectivity index (χ2n) is 29.6. The summed E-state index contributed by atoms with van der Waals surface area (Å²) in [4.78, 5) is 73.0. The highest BCUT2D eigenvalue weighted by Gasteiger charge is 2.30. The summed E-state index contributed by atoms with van der Waals surface area (Å²) >= 11 is 0. The monoisotopic (exact) mass is 1470 g/mol. The number of esters is 4. The summed E-state index contributed by atoms with van der Waals surface area (Å²) in [7, 11) is -9.92. The lowest BCUT2D eigenvalue weighted by Gasteiger charge is -2.21. The predicted octanol–water partition coefficient (Wildman–Crippen LogP) is 24.3. The zero-order chi connectivity index (χ0) is 73.5. The van der Waals surface area contributed by atoms with Crippen LogP contribution in [-0.2, 0) is 65.4 Å². The lowest BCUT2D eigenvalue weighted by Crippen LogP contribution is -2.30. The first-order chi connectivity index (χ1) is 48.4. The molecule has 0 saturated heterocycles. The summed E-state index contributed by atoms with van der Waals surface area (Å²) in [6.45, 7) is 9.67. The number of carbonyl (C=O) groups excluding carboxylic acids is 4. The van der Waals surface area contributed by atoms with E-state index in [1.54, 1.807) is 0 Å². The topological polar surface area (TPSA) is 237 Å². The molecule has 0 saturated carbocycles. The zero-order valence-corrected chi connectivity index (χ0v) is 67.3. The number of phosphoric acid groups is 2. The number of unbranched alkanes of at least 4 members (excludes halogenated alkanes) is 48. The Bertz CT molecular complexity index is 1930. The first kappa shape index (κ1) is 98.1. The van der Waals surface area contributed by atoms with E-state index < -0.39 is 97.5 Å². The molecular weight excluding hydrogens is 1310 g/mol. The van der Waals surface area contributed by atoms with Crippen LogP contribution in [0.4, 0.5) is 0 Å². The van der Waals surface area contributed by atoms with Crippen LogP contribution in [0.25, 0.3) is 0 Å². The lowest BCUT2D eigenvalue weighted by molar-refractivity contribution is -0.161. The number of rotatable bonds is 80. The fourth-order valence-electron chi connectivity index (χ4n) is 12.5. The number of phosphoric ester groups is 2. The van der Waals surface area contributed by atoms with Crippen molar-refractivity contribution >= 4 is 39.5 Å². The van der Waals surface area contributed by atoms with Crippen LogP contribution in [0, 0.1) is 11.8 Å². The number of hydrogen-bond donors (Lipinski definition) is 3. The first-order valence-electron chi connectivity index (χ1n) is 42.1. The third-order valence-corrected chi connectivity index (χ3v) is 21.6. The van der Waals surface area contributed by atoms with E-state index in [-0.39, 0.29) is 25.7 Å². The molecule has 0 aromatic heterocycles. The molecule has 19 heteroatoms. The van der Waals surface area contributed by atoms with Gasteiger partial charge >= 0.3 is 39.5 Å². The Hall–Kier alpha value is -1.94. The minimum Gasteiger partial charge on any atom is -0.462 e. The van der Waals surface area contributed by atoms with Gasteiger partial charge in [0.2, 0.25) is 0 Å². The quantitative estimate of drug-likeness (QED) is 0.0222. The third kappa shape index (κ3) is 71.7. The summed E-state index contributed by atoms with van der Waals surface area (Å²) in [6.07, 6.45) is 62.4. The molecule has 0 aliphatic heterocycles. The second kappa shape index (κ2) is 72.6. The van der Waals surface area contributed by atoms with E-state index >= 15 is 0 Å². The molecule has 0 fully saturated rings. The maximum Gasteiger partial charge on any atom is 0.472 e. The van der Waals surface area contributed by atoms with Gasteiger partial charge in [-0.05, 0) is 37.5 Å². The molecule has 7 atom stereocenters. The fraction of sp³-hybridized carbons (Fsp3) is 0.951. The summed E-state index contributed by atoms with van der Waals surface area (Å²) in [6, 6.07) is 0. The molecule has 17 nitrogen and oxygen atoms in total. The normalized spacial score (nSPS) is 14.4. The minimum absolute atomic E-state index is 0.105. The smallest absolute Gasteiger partial charge is 0.462 e. The largest absolute Gasteiger partial charge is 0.472 e. The molecule has 0 rings (SSSR count). The van der Waals surface area contributed by atoms with Crippen LogP contribution in [-0.4, -0.2) is 96.7 Å². The van der Waals surface area contributed by atoms with Gasteiger partial charge in [-0.25, -0.2) is 9.13 Å². The molecule has 0 radical (unpaired) electrons.